The molecule has 0 saturated carbocycles. The van der Waals surface area contributed by atoms with Gasteiger partial charge in [-0.15, -0.1) is 0 Å². The standard InChI is InChI=1S/C13H12BrNO4S2/c1-8-11(13(16)17)4-10(5-12(8)14)21(18,19)15-6-9-2-3-20-7-9/h2-5,7,15H,6H2,1H3,(H,16,17). The highest BCUT2D eigenvalue weighted by atomic mass is 79.9. The van der Waals surface area contributed by atoms with E-state index in [0.717, 1.165) is 5.56 Å². The van der Waals surface area contributed by atoms with E-state index in [1.165, 1.54) is 23.5 Å². The molecule has 8 heteroatoms. The van der Waals surface area contributed by atoms with E-state index in [9.17, 15) is 13.2 Å². The van der Waals surface area contributed by atoms with Crippen LogP contribution in [-0.4, -0.2) is 19.5 Å². The molecular formula is C13H12BrNO4S2. The molecule has 0 aliphatic carbocycles. The van der Waals surface area contributed by atoms with Crippen molar-refractivity contribution in [1.29, 1.82) is 0 Å². The lowest BCUT2D eigenvalue weighted by Crippen LogP contribution is -2.23. The number of hydrogen-bond acceptors (Lipinski definition) is 4. The molecule has 1 heterocycles. The van der Waals surface area contributed by atoms with E-state index >= 15 is 0 Å². The second-order valence-corrected chi connectivity index (χ2v) is 7.74. The highest BCUT2D eigenvalue weighted by Gasteiger charge is 2.19. The van der Waals surface area contributed by atoms with Gasteiger partial charge in [0, 0.05) is 11.0 Å². The first-order chi connectivity index (χ1) is 9.81. The van der Waals surface area contributed by atoms with Gasteiger partial charge in [0.2, 0.25) is 10.0 Å². The van der Waals surface area contributed by atoms with Crippen molar-refractivity contribution < 1.29 is 18.3 Å². The third kappa shape index (κ3) is 3.70. The van der Waals surface area contributed by atoms with Crippen molar-refractivity contribution in [3.63, 3.8) is 0 Å². The Morgan fingerprint density at radius 2 is 2.14 bits per heavy atom. The van der Waals surface area contributed by atoms with Gasteiger partial charge in [0.1, 0.15) is 0 Å². The molecule has 2 N–H and O–H groups in total. The lowest BCUT2D eigenvalue weighted by Gasteiger charge is -2.10. The van der Waals surface area contributed by atoms with Crippen LogP contribution in [-0.2, 0) is 16.6 Å². The van der Waals surface area contributed by atoms with E-state index in [4.69, 9.17) is 5.11 Å². The minimum atomic E-state index is -3.77. The van der Waals surface area contributed by atoms with E-state index in [2.05, 4.69) is 20.7 Å². The minimum absolute atomic E-state index is 0.0414. The highest BCUT2D eigenvalue weighted by Crippen LogP contribution is 2.25. The summed E-state index contributed by atoms with van der Waals surface area (Å²) in [5, 5.41) is 12.8. The maximum absolute atomic E-state index is 12.2. The molecule has 2 aromatic rings. The lowest BCUT2D eigenvalue weighted by atomic mass is 10.1. The molecule has 21 heavy (non-hydrogen) atoms. The van der Waals surface area contributed by atoms with Crippen molar-refractivity contribution in [3.05, 3.63) is 50.1 Å². The smallest absolute Gasteiger partial charge is 0.336 e. The normalized spacial score (nSPS) is 11.5. The number of benzene rings is 1. The molecule has 1 aromatic heterocycles. The van der Waals surface area contributed by atoms with Crippen LogP contribution in [0.3, 0.4) is 0 Å². The number of carboxylic acid groups (broad SMARTS) is 1. The van der Waals surface area contributed by atoms with Gasteiger partial charge in [-0.2, -0.15) is 11.3 Å². The molecule has 0 bridgehead atoms. The van der Waals surface area contributed by atoms with E-state index in [-0.39, 0.29) is 17.0 Å². The quantitative estimate of drug-likeness (QED) is 0.822. The zero-order valence-electron chi connectivity index (χ0n) is 11.0. The first kappa shape index (κ1) is 16.2. The number of nitrogens with one attached hydrogen (secondary N) is 1. The zero-order chi connectivity index (χ0) is 15.6. The lowest BCUT2D eigenvalue weighted by molar-refractivity contribution is 0.0695. The van der Waals surface area contributed by atoms with Gasteiger partial charge in [0.25, 0.3) is 0 Å². The molecule has 0 spiro atoms. The maximum Gasteiger partial charge on any atom is 0.336 e. The second kappa shape index (κ2) is 6.27. The van der Waals surface area contributed by atoms with Crippen molar-refractivity contribution in [2.75, 3.05) is 0 Å². The summed E-state index contributed by atoms with van der Waals surface area (Å²) >= 11 is 4.67. The van der Waals surface area contributed by atoms with Gasteiger partial charge in [0.05, 0.1) is 10.5 Å². The number of halogens is 1. The molecule has 0 fully saturated rings. The summed E-state index contributed by atoms with van der Waals surface area (Å²) in [4.78, 5) is 11.1. The molecule has 0 radical (unpaired) electrons. The fourth-order valence-corrected chi connectivity index (χ4v) is 4.04. The van der Waals surface area contributed by atoms with Crippen LogP contribution < -0.4 is 4.72 Å². The Labute approximate surface area is 134 Å². The number of thiophene rings is 1. The molecule has 0 aliphatic heterocycles. The molecular weight excluding hydrogens is 378 g/mol. The third-order valence-corrected chi connectivity index (χ3v) is 5.84. The molecule has 0 amide bonds. The Bertz CT molecular complexity index is 770. The summed E-state index contributed by atoms with van der Waals surface area (Å²) in [6.07, 6.45) is 0. The van der Waals surface area contributed by atoms with Gasteiger partial charge >= 0.3 is 5.97 Å². The monoisotopic (exact) mass is 389 g/mol. The van der Waals surface area contributed by atoms with E-state index in [1.807, 2.05) is 16.8 Å². The summed E-state index contributed by atoms with van der Waals surface area (Å²) in [5.41, 5.74) is 1.30. The average Bonchev–Trinajstić information content (AvgIpc) is 2.92. The summed E-state index contributed by atoms with van der Waals surface area (Å²) < 4.78 is 27.4. The third-order valence-electron chi connectivity index (χ3n) is 2.90. The SMILES string of the molecule is Cc1c(Br)cc(S(=O)(=O)NCc2ccsc2)cc1C(=O)O. The number of rotatable bonds is 5. The second-order valence-electron chi connectivity index (χ2n) is 4.34. The van der Waals surface area contributed by atoms with Crippen molar-refractivity contribution in [3.8, 4) is 0 Å². The number of carboxylic acids is 1. The van der Waals surface area contributed by atoms with Crippen LogP contribution in [0.2, 0.25) is 0 Å². The first-order valence-electron chi connectivity index (χ1n) is 5.85. The van der Waals surface area contributed by atoms with Gasteiger partial charge in [-0.1, -0.05) is 15.9 Å². The summed E-state index contributed by atoms with van der Waals surface area (Å²) in [6.45, 7) is 1.78. The fraction of sp³-hybridized carbons (Fsp3) is 0.154. The number of aromatic carboxylic acids is 1. The summed E-state index contributed by atoms with van der Waals surface area (Å²) in [6, 6.07) is 4.39. The number of carbonyl (C=O) groups is 1. The summed E-state index contributed by atoms with van der Waals surface area (Å²) in [5.74, 6) is -1.16. The number of sulfonamides is 1. The van der Waals surface area contributed by atoms with Crippen LogP contribution in [0.5, 0.6) is 0 Å². The zero-order valence-corrected chi connectivity index (χ0v) is 14.2. The van der Waals surface area contributed by atoms with E-state index in [0.29, 0.717) is 10.0 Å². The molecule has 5 nitrogen and oxygen atoms in total. The van der Waals surface area contributed by atoms with Crippen LogP contribution in [0.1, 0.15) is 21.5 Å². The maximum atomic E-state index is 12.2. The molecule has 0 atom stereocenters. The molecule has 0 unspecified atom stereocenters. The molecule has 0 saturated heterocycles. The Morgan fingerprint density at radius 1 is 1.43 bits per heavy atom. The van der Waals surface area contributed by atoms with Crippen LogP contribution >= 0.6 is 27.3 Å². The fourth-order valence-electron chi connectivity index (χ4n) is 1.69. The van der Waals surface area contributed by atoms with Crippen molar-refractivity contribution in [2.24, 2.45) is 0 Å². The van der Waals surface area contributed by atoms with Gasteiger partial charge < -0.3 is 5.11 Å². The average molecular weight is 390 g/mol. The highest BCUT2D eigenvalue weighted by molar-refractivity contribution is 9.10. The predicted molar refractivity (Wildman–Crippen MR) is 84.2 cm³/mol. The van der Waals surface area contributed by atoms with Crippen molar-refractivity contribution in [1.82, 2.24) is 4.72 Å². The number of hydrogen-bond donors (Lipinski definition) is 2. The van der Waals surface area contributed by atoms with E-state index in [1.54, 1.807) is 6.92 Å². The van der Waals surface area contributed by atoms with Gasteiger partial charge in [-0.3, -0.25) is 0 Å². The Balaban J connectivity index is 2.33. The van der Waals surface area contributed by atoms with Gasteiger partial charge in [0.15, 0.2) is 0 Å². The summed E-state index contributed by atoms with van der Waals surface area (Å²) in [7, 11) is -3.77. The Morgan fingerprint density at radius 3 is 2.71 bits per heavy atom. The van der Waals surface area contributed by atoms with Crippen molar-refractivity contribution in [2.45, 2.75) is 18.4 Å². The van der Waals surface area contributed by atoms with Crippen LogP contribution in [0.25, 0.3) is 0 Å². The van der Waals surface area contributed by atoms with Crippen LogP contribution in [0.15, 0.2) is 38.3 Å². The van der Waals surface area contributed by atoms with Crippen LogP contribution in [0.4, 0.5) is 0 Å². The Hall–Kier alpha value is -1.22. The van der Waals surface area contributed by atoms with E-state index < -0.39 is 16.0 Å². The van der Waals surface area contributed by atoms with Crippen molar-refractivity contribution >= 4 is 43.3 Å². The van der Waals surface area contributed by atoms with Gasteiger partial charge in [-0.25, -0.2) is 17.9 Å². The largest absolute Gasteiger partial charge is 0.478 e. The molecule has 0 aliphatic rings. The Kier molecular flexibility index (Phi) is 4.82. The molecule has 1 aromatic carbocycles. The predicted octanol–water partition coefficient (Wildman–Crippen LogP) is 3.00. The van der Waals surface area contributed by atoms with Gasteiger partial charge in [-0.05, 0) is 47.0 Å². The topological polar surface area (TPSA) is 83.5 Å². The minimum Gasteiger partial charge on any atom is -0.478 e. The molecule has 2 rings (SSSR count). The first-order valence-corrected chi connectivity index (χ1v) is 9.07. The van der Waals surface area contributed by atoms with Crippen LogP contribution in [0, 0.1) is 6.92 Å². The molecule has 112 valence electrons.